The number of hydrogen-bond acceptors (Lipinski definition) is 7. The molecule has 2 aromatic heterocycles. The van der Waals surface area contributed by atoms with Gasteiger partial charge in [-0.3, -0.25) is 4.90 Å². The number of nitrogens with one attached hydrogen (secondary N) is 1. The molecular formula is C15H21N5OS. The smallest absolute Gasteiger partial charge is 0.188 e. The van der Waals surface area contributed by atoms with E-state index in [9.17, 15) is 5.11 Å². The van der Waals surface area contributed by atoms with Crippen LogP contribution < -0.4 is 5.32 Å². The molecule has 0 aromatic carbocycles. The molecule has 118 valence electrons. The van der Waals surface area contributed by atoms with Crippen molar-refractivity contribution in [1.29, 1.82) is 0 Å². The fourth-order valence-electron chi connectivity index (χ4n) is 2.94. The third kappa shape index (κ3) is 3.60. The molecule has 1 saturated heterocycles. The fourth-order valence-corrected chi connectivity index (χ4v) is 3.48. The van der Waals surface area contributed by atoms with E-state index in [-0.39, 0.29) is 12.6 Å². The number of anilines is 2. The van der Waals surface area contributed by atoms with Crippen molar-refractivity contribution >= 4 is 22.3 Å². The van der Waals surface area contributed by atoms with Crippen LogP contribution in [-0.4, -0.2) is 44.7 Å². The molecular weight excluding hydrogens is 298 g/mol. The highest BCUT2D eigenvalue weighted by molar-refractivity contribution is 7.13. The maximum Gasteiger partial charge on any atom is 0.188 e. The number of aryl methyl sites for hydroxylation is 1. The Labute approximate surface area is 134 Å². The van der Waals surface area contributed by atoms with E-state index in [4.69, 9.17) is 0 Å². The van der Waals surface area contributed by atoms with Crippen LogP contribution in [0, 0.1) is 6.92 Å². The summed E-state index contributed by atoms with van der Waals surface area (Å²) in [7, 11) is 0. The first-order valence-electron chi connectivity index (χ1n) is 7.63. The maximum absolute atomic E-state index is 9.27. The van der Waals surface area contributed by atoms with E-state index < -0.39 is 0 Å². The largest absolute Gasteiger partial charge is 0.395 e. The Morgan fingerprint density at radius 1 is 1.41 bits per heavy atom. The molecule has 0 amide bonds. The summed E-state index contributed by atoms with van der Waals surface area (Å²) in [4.78, 5) is 15.6. The monoisotopic (exact) mass is 319 g/mol. The van der Waals surface area contributed by atoms with Crippen molar-refractivity contribution in [3.05, 3.63) is 29.2 Å². The number of aromatic nitrogens is 3. The van der Waals surface area contributed by atoms with Crippen LogP contribution in [0.1, 0.15) is 36.8 Å². The second-order valence-electron chi connectivity index (χ2n) is 5.46. The second-order valence-corrected chi connectivity index (χ2v) is 6.35. The van der Waals surface area contributed by atoms with Crippen LogP contribution in [0.15, 0.2) is 17.6 Å². The first-order chi connectivity index (χ1) is 10.8. The van der Waals surface area contributed by atoms with Gasteiger partial charge in [0.05, 0.1) is 18.3 Å². The lowest BCUT2D eigenvalue weighted by Gasteiger charge is -2.35. The van der Waals surface area contributed by atoms with E-state index in [1.807, 2.05) is 18.4 Å². The van der Waals surface area contributed by atoms with E-state index in [1.165, 1.54) is 12.8 Å². The lowest BCUT2D eigenvalue weighted by Crippen LogP contribution is -2.36. The molecule has 0 radical (unpaired) electrons. The van der Waals surface area contributed by atoms with Gasteiger partial charge in [-0.1, -0.05) is 6.42 Å². The van der Waals surface area contributed by atoms with Gasteiger partial charge in [-0.25, -0.2) is 15.0 Å². The molecule has 3 heterocycles. The van der Waals surface area contributed by atoms with Crippen LogP contribution >= 0.6 is 11.3 Å². The van der Waals surface area contributed by atoms with E-state index in [0.29, 0.717) is 6.54 Å². The Bertz CT molecular complexity index is 602. The molecule has 0 unspecified atom stereocenters. The zero-order valence-corrected chi connectivity index (χ0v) is 13.5. The van der Waals surface area contributed by atoms with Crippen LogP contribution in [0.3, 0.4) is 0 Å². The molecule has 0 bridgehead atoms. The fraction of sp³-hybridized carbons (Fsp3) is 0.533. The number of aliphatic hydroxyl groups is 1. The first-order valence-corrected chi connectivity index (χ1v) is 8.51. The van der Waals surface area contributed by atoms with E-state index >= 15 is 0 Å². The van der Waals surface area contributed by atoms with Crippen LogP contribution in [0.2, 0.25) is 0 Å². The number of β-amino-alcohol motifs (C(OH)–C–C–N with tert-alkyl or cyclic N) is 1. The average molecular weight is 319 g/mol. The van der Waals surface area contributed by atoms with Gasteiger partial charge in [-0.2, -0.15) is 0 Å². The minimum Gasteiger partial charge on any atom is -0.395 e. The van der Waals surface area contributed by atoms with Gasteiger partial charge in [0.2, 0.25) is 0 Å². The molecule has 1 aliphatic rings. The van der Waals surface area contributed by atoms with E-state index in [0.717, 1.165) is 35.4 Å². The second kappa shape index (κ2) is 7.13. The molecule has 1 aliphatic heterocycles. The highest BCUT2D eigenvalue weighted by Gasteiger charge is 2.25. The Morgan fingerprint density at radius 2 is 2.32 bits per heavy atom. The Morgan fingerprint density at radius 3 is 3.09 bits per heavy atom. The molecule has 3 rings (SSSR count). The summed E-state index contributed by atoms with van der Waals surface area (Å²) in [6.45, 7) is 3.81. The van der Waals surface area contributed by atoms with Crippen LogP contribution in [-0.2, 0) is 0 Å². The predicted octanol–water partition coefficient (Wildman–Crippen LogP) is 2.50. The molecule has 1 atom stereocenters. The molecule has 0 saturated carbocycles. The number of piperidine rings is 1. The normalized spacial score (nSPS) is 19.3. The molecule has 0 spiro atoms. The highest BCUT2D eigenvalue weighted by Crippen LogP contribution is 2.31. The Hall–Kier alpha value is -1.57. The Balaban J connectivity index is 1.84. The van der Waals surface area contributed by atoms with Gasteiger partial charge in [0.1, 0.15) is 11.6 Å². The molecule has 0 aliphatic carbocycles. The van der Waals surface area contributed by atoms with Crippen LogP contribution in [0.4, 0.5) is 10.9 Å². The molecule has 1 fully saturated rings. The quantitative estimate of drug-likeness (QED) is 0.882. The summed E-state index contributed by atoms with van der Waals surface area (Å²) in [6.07, 6.45) is 5.23. The highest BCUT2D eigenvalue weighted by atomic mass is 32.1. The lowest BCUT2D eigenvalue weighted by molar-refractivity contribution is 0.114. The molecule has 7 heteroatoms. The summed E-state index contributed by atoms with van der Waals surface area (Å²) in [5.74, 6) is 1.54. The van der Waals surface area contributed by atoms with Gasteiger partial charge in [0.25, 0.3) is 0 Å². The van der Waals surface area contributed by atoms with Crippen molar-refractivity contribution in [1.82, 2.24) is 19.9 Å². The lowest BCUT2D eigenvalue weighted by atomic mass is 9.99. The third-order valence-electron chi connectivity index (χ3n) is 3.87. The van der Waals surface area contributed by atoms with Crippen LogP contribution in [0.5, 0.6) is 0 Å². The zero-order chi connectivity index (χ0) is 15.4. The van der Waals surface area contributed by atoms with Gasteiger partial charge in [-0.15, -0.1) is 11.3 Å². The minimum atomic E-state index is 0.185. The predicted molar refractivity (Wildman–Crippen MR) is 87.4 cm³/mol. The molecule has 2 N–H and O–H groups in total. The summed E-state index contributed by atoms with van der Waals surface area (Å²) >= 11 is 1.55. The van der Waals surface area contributed by atoms with E-state index in [2.05, 4.69) is 25.2 Å². The maximum atomic E-state index is 9.27. The first kappa shape index (κ1) is 15.3. The van der Waals surface area contributed by atoms with Crippen molar-refractivity contribution in [3.8, 4) is 0 Å². The van der Waals surface area contributed by atoms with Crippen molar-refractivity contribution in [2.75, 3.05) is 25.0 Å². The topological polar surface area (TPSA) is 74.2 Å². The van der Waals surface area contributed by atoms with Crippen LogP contribution in [0.25, 0.3) is 0 Å². The molecule has 22 heavy (non-hydrogen) atoms. The zero-order valence-electron chi connectivity index (χ0n) is 12.7. The SMILES string of the molecule is Cc1nc(Nc2nccs2)cc([C@H]2CCCCN2CCO)n1. The summed E-state index contributed by atoms with van der Waals surface area (Å²) in [6, 6.07) is 2.27. The number of aliphatic hydroxyl groups excluding tert-OH is 1. The summed E-state index contributed by atoms with van der Waals surface area (Å²) < 4.78 is 0. The molecule has 6 nitrogen and oxygen atoms in total. The standard InChI is InChI=1S/C15H21N5OS/c1-11-17-12(13-4-2-3-6-20(13)7-8-21)10-14(18-11)19-15-16-5-9-22-15/h5,9-10,13,21H,2-4,6-8H2,1H3,(H,16,17,18,19)/t13-/m1/s1. The van der Waals surface area contributed by atoms with Gasteiger partial charge in [0.15, 0.2) is 5.13 Å². The summed E-state index contributed by atoms with van der Waals surface area (Å²) in [5, 5.41) is 15.3. The number of nitrogens with zero attached hydrogens (tertiary/aromatic N) is 4. The average Bonchev–Trinajstić information content (AvgIpc) is 3.00. The number of likely N-dealkylation sites (tertiary alicyclic amines) is 1. The summed E-state index contributed by atoms with van der Waals surface area (Å²) in [5.41, 5.74) is 1.03. The van der Waals surface area contributed by atoms with Gasteiger partial charge >= 0.3 is 0 Å². The van der Waals surface area contributed by atoms with Crippen molar-refractivity contribution in [2.24, 2.45) is 0 Å². The number of hydrogen-bond donors (Lipinski definition) is 2. The Kier molecular flexibility index (Phi) is 4.97. The van der Waals surface area contributed by atoms with Crippen molar-refractivity contribution in [2.45, 2.75) is 32.2 Å². The number of rotatable bonds is 5. The van der Waals surface area contributed by atoms with Crippen molar-refractivity contribution < 1.29 is 5.11 Å². The number of thiazole rings is 1. The van der Waals surface area contributed by atoms with Gasteiger partial charge in [-0.05, 0) is 26.3 Å². The third-order valence-corrected chi connectivity index (χ3v) is 4.56. The van der Waals surface area contributed by atoms with E-state index in [1.54, 1.807) is 17.5 Å². The van der Waals surface area contributed by atoms with Crippen molar-refractivity contribution in [3.63, 3.8) is 0 Å². The van der Waals surface area contributed by atoms with Gasteiger partial charge < -0.3 is 10.4 Å². The molecule has 2 aromatic rings. The minimum absolute atomic E-state index is 0.185. The van der Waals surface area contributed by atoms with Gasteiger partial charge in [0, 0.05) is 24.2 Å².